The summed E-state index contributed by atoms with van der Waals surface area (Å²) < 4.78 is 5.31. The zero-order valence-corrected chi connectivity index (χ0v) is 15.8. The van der Waals surface area contributed by atoms with Crippen molar-refractivity contribution in [3.8, 4) is 28.4 Å². The molecule has 4 rings (SSSR count). The van der Waals surface area contributed by atoms with Crippen LogP contribution in [-0.2, 0) is 0 Å². The topological polar surface area (TPSA) is 106 Å². The molecule has 8 heteroatoms. The van der Waals surface area contributed by atoms with Crippen LogP contribution in [0.15, 0.2) is 60.1 Å². The number of benzene rings is 2. The number of anilines is 2. The average Bonchev–Trinajstić information content (AvgIpc) is 3.38. The van der Waals surface area contributed by atoms with E-state index in [-0.39, 0.29) is 11.6 Å². The third-order valence-corrected chi connectivity index (χ3v) is 4.80. The van der Waals surface area contributed by atoms with Crippen molar-refractivity contribution in [3.63, 3.8) is 0 Å². The highest BCUT2D eigenvalue weighted by Crippen LogP contribution is 2.29. The van der Waals surface area contributed by atoms with Crippen LogP contribution in [0.5, 0.6) is 5.75 Å². The number of hydrogen-bond acceptors (Lipinski definition) is 6. The fourth-order valence-electron chi connectivity index (χ4n) is 2.74. The van der Waals surface area contributed by atoms with Gasteiger partial charge in [0, 0.05) is 28.4 Å². The van der Waals surface area contributed by atoms with Gasteiger partial charge in [-0.05, 0) is 36.4 Å². The van der Waals surface area contributed by atoms with Crippen molar-refractivity contribution in [1.29, 1.82) is 0 Å². The summed E-state index contributed by atoms with van der Waals surface area (Å²) in [6, 6.07) is 14.7. The van der Waals surface area contributed by atoms with Crippen molar-refractivity contribution in [3.05, 3.63) is 65.8 Å². The van der Waals surface area contributed by atoms with Crippen LogP contribution in [0.25, 0.3) is 22.6 Å². The highest BCUT2D eigenvalue weighted by atomic mass is 32.1. The van der Waals surface area contributed by atoms with E-state index in [1.54, 1.807) is 30.8 Å². The van der Waals surface area contributed by atoms with Gasteiger partial charge in [-0.1, -0.05) is 12.1 Å². The number of methoxy groups -OCH3 is 1. The summed E-state index contributed by atoms with van der Waals surface area (Å²) in [7, 11) is 1.60. The molecule has 2 aromatic heterocycles. The predicted octanol–water partition coefficient (Wildman–Crippen LogP) is 4.04. The number of carbonyl (C=O) groups is 1. The quantitative estimate of drug-likeness (QED) is 0.445. The summed E-state index contributed by atoms with van der Waals surface area (Å²) >= 11 is 1.34. The molecule has 4 aromatic rings. The molecule has 7 nitrogen and oxygen atoms in total. The third-order valence-electron chi connectivity index (χ3n) is 4.11. The SMILES string of the molecule is COc1cccc(-c2[nH]c(-c3ccc(N)cc3)nc2C(=O)Nc2nccs2)c1. The van der Waals surface area contributed by atoms with Gasteiger partial charge in [-0.2, -0.15) is 0 Å². The Bertz CT molecular complexity index is 1100. The summed E-state index contributed by atoms with van der Waals surface area (Å²) in [6.07, 6.45) is 1.63. The lowest BCUT2D eigenvalue weighted by molar-refractivity contribution is 0.102. The number of rotatable bonds is 5. The van der Waals surface area contributed by atoms with Crippen LogP contribution < -0.4 is 15.8 Å². The molecule has 0 radical (unpaired) electrons. The van der Waals surface area contributed by atoms with E-state index >= 15 is 0 Å². The van der Waals surface area contributed by atoms with Gasteiger partial charge in [-0.25, -0.2) is 9.97 Å². The number of ether oxygens (including phenoxy) is 1. The first-order valence-corrected chi connectivity index (χ1v) is 9.33. The Morgan fingerprint density at radius 3 is 2.71 bits per heavy atom. The molecule has 0 bridgehead atoms. The summed E-state index contributed by atoms with van der Waals surface area (Å²) in [6.45, 7) is 0. The zero-order chi connectivity index (χ0) is 19.5. The van der Waals surface area contributed by atoms with E-state index in [2.05, 4.69) is 20.3 Å². The van der Waals surface area contributed by atoms with E-state index in [9.17, 15) is 4.79 Å². The second kappa shape index (κ2) is 7.53. The van der Waals surface area contributed by atoms with Gasteiger partial charge >= 0.3 is 0 Å². The predicted molar refractivity (Wildman–Crippen MR) is 110 cm³/mol. The number of aromatic amines is 1. The summed E-state index contributed by atoms with van der Waals surface area (Å²) in [5.74, 6) is 0.917. The number of carbonyl (C=O) groups excluding carboxylic acids is 1. The minimum absolute atomic E-state index is 0.273. The summed E-state index contributed by atoms with van der Waals surface area (Å²) in [5, 5.41) is 5.09. The van der Waals surface area contributed by atoms with Crippen LogP contribution in [-0.4, -0.2) is 28.0 Å². The van der Waals surface area contributed by atoms with E-state index in [4.69, 9.17) is 10.5 Å². The summed E-state index contributed by atoms with van der Waals surface area (Å²) in [4.78, 5) is 24.8. The lowest BCUT2D eigenvalue weighted by Gasteiger charge is -2.05. The zero-order valence-electron chi connectivity index (χ0n) is 15.0. The van der Waals surface area contributed by atoms with Crippen molar-refractivity contribution < 1.29 is 9.53 Å². The number of nitrogens with two attached hydrogens (primary N) is 1. The van der Waals surface area contributed by atoms with Gasteiger partial charge in [-0.15, -0.1) is 11.3 Å². The number of hydrogen-bond donors (Lipinski definition) is 3. The van der Waals surface area contributed by atoms with E-state index in [0.717, 1.165) is 11.1 Å². The Balaban J connectivity index is 1.79. The molecule has 0 spiro atoms. The molecule has 0 unspecified atom stereocenters. The third kappa shape index (κ3) is 3.58. The minimum Gasteiger partial charge on any atom is -0.497 e. The van der Waals surface area contributed by atoms with E-state index < -0.39 is 0 Å². The number of nitrogens with one attached hydrogen (secondary N) is 2. The van der Waals surface area contributed by atoms with Crippen molar-refractivity contribution in [2.24, 2.45) is 0 Å². The van der Waals surface area contributed by atoms with Gasteiger partial charge in [0.2, 0.25) is 0 Å². The molecule has 2 heterocycles. The standard InChI is InChI=1S/C20H17N5O2S/c1-27-15-4-2-3-13(11-15)16-17(19(26)25-20-22-9-10-28-20)24-18(23-16)12-5-7-14(21)8-6-12/h2-11H,21H2,1H3,(H,23,24)(H,22,25,26). The molecule has 0 aliphatic heterocycles. The molecular weight excluding hydrogens is 374 g/mol. The Labute approximate surface area is 165 Å². The molecule has 0 fully saturated rings. The van der Waals surface area contributed by atoms with Gasteiger partial charge < -0.3 is 15.5 Å². The van der Waals surface area contributed by atoms with E-state index in [1.807, 2.05) is 36.4 Å². The molecule has 4 N–H and O–H groups in total. The fraction of sp³-hybridized carbons (Fsp3) is 0.0500. The first-order valence-electron chi connectivity index (χ1n) is 8.45. The average molecular weight is 391 g/mol. The number of thiazole rings is 1. The molecule has 2 aromatic carbocycles. The highest BCUT2D eigenvalue weighted by Gasteiger charge is 2.21. The van der Waals surface area contributed by atoms with Crippen molar-refractivity contribution in [2.45, 2.75) is 0 Å². The molecule has 0 saturated carbocycles. The number of nitrogen functional groups attached to an aromatic ring is 1. The first kappa shape index (κ1) is 17.7. The van der Waals surface area contributed by atoms with Gasteiger partial charge in [0.1, 0.15) is 11.6 Å². The molecular formula is C20H17N5O2S. The van der Waals surface area contributed by atoms with Crippen LogP contribution >= 0.6 is 11.3 Å². The first-order chi connectivity index (χ1) is 13.6. The highest BCUT2D eigenvalue weighted by molar-refractivity contribution is 7.13. The Kier molecular flexibility index (Phi) is 4.77. The second-order valence-electron chi connectivity index (χ2n) is 5.95. The Hall–Kier alpha value is -3.65. The second-order valence-corrected chi connectivity index (χ2v) is 6.85. The van der Waals surface area contributed by atoms with Crippen LogP contribution in [0.4, 0.5) is 10.8 Å². The maximum absolute atomic E-state index is 12.9. The van der Waals surface area contributed by atoms with E-state index in [0.29, 0.717) is 28.1 Å². The fourth-order valence-corrected chi connectivity index (χ4v) is 3.27. The molecule has 0 aliphatic carbocycles. The number of aromatic nitrogens is 3. The normalized spacial score (nSPS) is 10.6. The number of amides is 1. The van der Waals surface area contributed by atoms with Crippen molar-refractivity contribution >= 4 is 28.1 Å². The number of imidazole rings is 1. The summed E-state index contributed by atoms with van der Waals surface area (Å²) in [5.41, 5.74) is 8.92. The smallest absolute Gasteiger partial charge is 0.278 e. The number of nitrogens with zero attached hydrogens (tertiary/aromatic N) is 2. The van der Waals surface area contributed by atoms with Gasteiger partial charge in [0.25, 0.3) is 5.91 Å². The van der Waals surface area contributed by atoms with Crippen LogP contribution in [0.1, 0.15) is 10.5 Å². The molecule has 1 amide bonds. The molecule has 0 aliphatic rings. The Morgan fingerprint density at radius 1 is 1.18 bits per heavy atom. The molecule has 0 atom stereocenters. The lowest BCUT2D eigenvalue weighted by Crippen LogP contribution is -2.13. The van der Waals surface area contributed by atoms with Crippen LogP contribution in [0, 0.1) is 0 Å². The maximum atomic E-state index is 12.9. The van der Waals surface area contributed by atoms with Crippen molar-refractivity contribution in [2.75, 3.05) is 18.2 Å². The van der Waals surface area contributed by atoms with E-state index in [1.165, 1.54) is 11.3 Å². The monoisotopic (exact) mass is 391 g/mol. The van der Waals surface area contributed by atoms with Gasteiger partial charge in [0.15, 0.2) is 10.8 Å². The maximum Gasteiger partial charge on any atom is 0.278 e. The van der Waals surface area contributed by atoms with Crippen LogP contribution in [0.3, 0.4) is 0 Å². The lowest BCUT2D eigenvalue weighted by atomic mass is 10.1. The van der Waals surface area contributed by atoms with Crippen LogP contribution in [0.2, 0.25) is 0 Å². The Morgan fingerprint density at radius 2 is 2.00 bits per heavy atom. The number of H-pyrrole nitrogens is 1. The van der Waals surface area contributed by atoms with Crippen molar-refractivity contribution in [1.82, 2.24) is 15.0 Å². The molecule has 140 valence electrons. The van der Waals surface area contributed by atoms with Gasteiger partial charge in [0.05, 0.1) is 12.8 Å². The van der Waals surface area contributed by atoms with Gasteiger partial charge in [-0.3, -0.25) is 10.1 Å². The minimum atomic E-state index is -0.342. The largest absolute Gasteiger partial charge is 0.497 e. The molecule has 0 saturated heterocycles. The molecule has 28 heavy (non-hydrogen) atoms.